The van der Waals surface area contributed by atoms with Crippen LogP contribution in [0.3, 0.4) is 0 Å². The first-order valence-electron chi connectivity index (χ1n) is 5.56. The fourth-order valence-electron chi connectivity index (χ4n) is 1.13. The van der Waals surface area contributed by atoms with Crippen LogP contribution in [-0.2, 0) is 0 Å². The van der Waals surface area contributed by atoms with Gasteiger partial charge >= 0.3 is 0 Å². The van der Waals surface area contributed by atoms with Crippen molar-refractivity contribution in [3.63, 3.8) is 0 Å². The van der Waals surface area contributed by atoms with Crippen LogP contribution in [0.5, 0.6) is 0 Å². The van der Waals surface area contributed by atoms with Gasteiger partial charge in [-0.25, -0.2) is 0 Å². The quantitative estimate of drug-likeness (QED) is 0.590. The maximum Gasteiger partial charge on any atom is 0.0362 e. The van der Waals surface area contributed by atoms with Gasteiger partial charge in [-0.15, -0.1) is 0 Å². The second-order valence-electron chi connectivity index (χ2n) is 3.64. The number of aliphatic imine (C=N–C) groups is 1. The van der Waals surface area contributed by atoms with E-state index in [0.29, 0.717) is 5.92 Å². The van der Waals surface area contributed by atoms with E-state index in [2.05, 4.69) is 25.4 Å². The molecule has 1 rings (SSSR count). The van der Waals surface area contributed by atoms with E-state index in [1.807, 2.05) is 26.1 Å². The van der Waals surface area contributed by atoms with Crippen molar-refractivity contribution in [1.29, 1.82) is 0 Å². The molecule has 1 nitrogen and oxygen atoms in total. The van der Waals surface area contributed by atoms with E-state index in [1.54, 1.807) is 0 Å². The smallest absolute Gasteiger partial charge is 0.0362 e. The van der Waals surface area contributed by atoms with E-state index in [9.17, 15) is 0 Å². The second kappa shape index (κ2) is 7.54. The Morgan fingerprint density at radius 2 is 1.86 bits per heavy atom. The first-order chi connectivity index (χ1) is 6.70. The fraction of sp³-hybridized carbons (Fsp3) is 0.615. The highest BCUT2D eigenvalue weighted by Crippen LogP contribution is 2.32. The van der Waals surface area contributed by atoms with Crippen LogP contribution in [0.25, 0.3) is 0 Å². The maximum absolute atomic E-state index is 4.29. The summed E-state index contributed by atoms with van der Waals surface area (Å²) in [4.78, 5) is 4.29. The van der Waals surface area contributed by atoms with E-state index in [-0.39, 0.29) is 0 Å². The Labute approximate surface area is 88.6 Å². The van der Waals surface area contributed by atoms with Crippen molar-refractivity contribution in [2.75, 3.05) is 0 Å². The molecule has 0 unspecified atom stereocenters. The first-order valence-corrected chi connectivity index (χ1v) is 5.56. The highest BCUT2D eigenvalue weighted by molar-refractivity contribution is 5.72. The van der Waals surface area contributed by atoms with Gasteiger partial charge in [-0.3, -0.25) is 4.99 Å². The van der Waals surface area contributed by atoms with Gasteiger partial charge in [0.25, 0.3) is 0 Å². The lowest BCUT2D eigenvalue weighted by molar-refractivity contribution is 0.366. The second-order valence-corrected chi connectivity index (χ2v) is 3.64. The van der Waals surface area contributed by atoms with Gasteiger partial charge in [0.15, 0.2) is 0 Å². The van der Waals surface area contributed by atoms with Crippen LogP contribution >= 0.6 is 0 Å². The van der Waals surface area contributed by atoms with E-state index in [4.69, 9.17) is 0 Å². The monoisotopic (exact) mass is 193 g/mol. The molecule has 14 heavy (non-hydrogen) atoms. The summed E-state index contributed by atoms with van der Waals surface area (Å²) < 4.78 is 0. The van der Waals surface area contributed by atoms with Crippen molar-refractivity contribution < 1.29 is 0 Å². The van der Waals surface area contributed by atoms with Crippen LogP contribution in [0.1, 0.15) is 47.0 Å². The topological polar surface area (TPSA) is 12.4 Å². The minimum absolute atomic E-state index is 0.673. The third kappa shape index (κ3) is 5.00. The zero-order chi connectivity index (χ0) is 11.0. The Balaban J connectivity index is 0.000000791. The molecule has 0 amide bonds. The molecule has 1 fully saturated rings. The molecule has 1 aliphatic carbocycles. The summed E-state index contributed by atoms with van der Waals surface area (Å²) in [6, 6.07) is 0. The lowest BCUT2D eigenvalue weighted by Crippen LogP contribution is -2.11. The molecular formula is C13H23N. The van der Waals surface area contributed by atoms with Gasteiger partial charge in [0.2, 0.25) is 0 Å². The molecular weight excluding hydrogens is 170 g/mol. The summed E-state index contributed by atoms with van der Waals surface area (Å²) in [5.74, 6) is 0.673. The predicted octanol–water partition coefficient (Wildman–Crippen LogP) is 4.36. The predicted molar refractivity (Wildman–Crippen MR) is 65.8 cm³/mol. The zero-order valence-corrected chi connectivity index (χ0v) is 10.0. The molecule has 0 aromatic rings. The molecule has 0 aromatic carbocycles. The highest BCUT2D eigenvalue weighted by atomic mass is 14.7. The standard InChI is InChI=1S/C11H17N.C2H6/c1-9(2)7-8-12-10(3)11-5-4-6-11;1-2/h7-8,11H,3-6H2,1-2H3;1-2H3. The summed E-state index contributed by atoms with van der Waals surface area (Å²) in [6.45, 7) is 12.1. The lowest BCUT2D eigenvalue weighted by Gasteiger charge is -2.24. The molecule has 1 heteroatoms. The van der Waals surface area contributed by atoms with Crippen molar-refractivity contribution >= 4 is 6.21 Å². The molecule has 0 spiro atoms. The van der Waals surface area contributed by atoms with Gasteiger partial charge in [-0.2, -0.15) is 0 Å². The molecule has 0 saturated heterocycles. The third-order valence-electron chi connectivity index (χ3n) is 2.22. The van der Waals surface area contributed by atoms with E-state index >= 15 is 0 Å². The molecule has 0 radical (unpaired) electrons. The Hall–Kier alpha value is -0.850. The fourth-order valence-corrected chi connectivity index (χ4v) is 1.13. The minimum atomic E-state index is 0.673. The van der Waals surface area contributed by atoms with Crippen molar-refractivity contribution in [2.45, 2.75) is 47.0 Å². The lowest BCUT2D eigenvalue weighted by atomic mass is 9.83. The summed E-state index contributed by atoms with van der Waals surface area (Å²) >= 11 is 0. The summed E-state index contributed by atoms with van der Waals surface area (Å²) in [6.07, 6.45) is 7.79. The SMILES string of the molecule is C=C(N=CC=C(C)C)C1CCC1.CC. The average molecular weight is 193 g/mol. The van der Waals surface area contributed by atoms with Crippen LogP contribution in [0.2, 0.25) is 0 Å². The molecule has 80 valence electrons. The Bertz CT molecular complexity index is 215. The van der Waals surface area contributed by atoms with Crippen molar-refractivity contribution in [3.8, 4) is 0 Å². The van der Waals surface area contributed by atoms with Crippen LogP contribution < -0.4 is 0 Å². The molecule has 0 atom stereocenters. The molecule has 0 heterocycles. The Morgan fingerprint density at radius 3 is 2.21 bits per heavy atom. The van der Waals surface area contributed by atoms with Crippen molar-refractivity contribution in [1.82, 2.24) is 0 Å². The summed E-state index contributed by atoms with van der Waals surface area (Å²) in [7, 11) is 0. The molecule has 0 bridgehead atoms. The normalized spacial score (nSPS) is 15.4. The first kappa shape index (κ1) is 13.2. The Kier molecular flexibility index (Phi) is 7.09. The number of hydrogen-bond donors (Lipinski definition) is 0. The van der Waals surface area contributed by atoms with Crippen molar-refractivity contribution in [2.24, 2.45) is 10.9 Å². The van der Waals surface area contributed by atoms with Gasteiger partial charge in [0.05, 0.1) is 0 Å². The van der Waals surface area contributed by atoms with Gasteiger partial charge in [-0.05, 0) is 32.8 Å². The minimum Gasteiger partial charge on any atom is -0.262 e. The van der Waals surface area contributed by atoms with Crippen molar-refractivity contribution in [3.05, 3.63) is 23.9 Å². The largest absolute Gasteiger partial charge is 0.262 e. The van der Waals surface area contributed by atoms with Crippen LogP contribution in [0.15, 0.2) is 28.9 Å². The van der Waals surface area contributed by atoms with Gasteiger partial charge < -0.3 is 0 Å². The molecule has 0 aromatic heterocycles. The van der Waals surface area contributed by atoms with Gasteiger partial charge in [0, 0.05) is 17.8 Å². The van der Waals surface area contributed by atoms with Crippen LogP contribution in [0, 0.1) is 5.92 Å². The summed E-state index contributed by atoms with van der Waals surface area (Å²) in [5, 5.41) is 0. The van der Waals surface area contributed by atoms with Gasteiger partial charge in [0.1, 0.15) is 0 Å². The number of hydrogen-bond acceptors (Lipinski definition) is 1. The van der Waals surface area contributed by atoms with Crippen LogP contribution in [0.4, 0.5) is 0 Å². The number of allylic oxidation sites excluding steroid dienone is 3. The summed E-state index contributed by atoms with van der Waals surface area (Å²) in [5.41, 5.74) is 2.33. The van der Waals surface area contributed by atoms with E-state index in [0.717, 1.165) is 5.70 Å². The Morgan fingerprint density at radius 1 is 1.29 bits per heavy atom. The molecule has 0 N–H and O–H groups in total. The molecule has 1 saturated carbocycles. The molecule has 0 aliphatic heterocycles. The van der Waals surface area contributed by atoms with Gasteiger partial charge in [-0.1, -0.05) is 32.4 Å². The molecule has 1 aliphatic rings. The van der Waals surface area contributed by atoms with E-state index < -0.39 is 0 Å². The maximum atomic E-state index is 4.29. The van der Waals surface area contributed by atoms with E-state index in [1.165, 1.54) is 24.8 Å². The third-order valence-corrected chi connectivity index (χ3v) is 2.22. The highest BCUT2D eigenvalue weighted by Gasteiger charge is 2.19. The average Bonchev–Trinajstić information content (AvgIpc) is 2.04. The zero-order valence-electron chi connectivity index (χ0n) is 10.0. The number of rotatable bonds is 3. The van der Waals surface area contributed by atoms with Crippen LogP contribution in [-0.4, -0.2) is 6.21 Å². The number of nitrogens with zero attached hydrogens (tertiary/aromatic N) is 1.